The molecule has 0 aromatic rings. The molecule has 1 N–H and O–H groups in total. The van der Waals surface area contributed by atoms with Gasteiger partial charge in [0.05, 0.1) is 0 Å². The first-order valence-electron chi connectivity index (χ1n) is 6.62. The Labute approximate surface area is 94.4 Å². The molecule has 2 heteroatoms. The molecule has 2 aliphatic heterocycles. The van der Waals surface area contributed by atoms with Crippen LogP contribution in [0.4, 0.5) is 0 Å². The van der Waals surface area contributed by atoms with Crippen molar-refractivity contribution in [1.82, 2.24) is 10.2 Å². The zero-order valence-corrected chi connectivity index (χ0v) is 10.5. The van der Waals surface area contributed by atoms with Crippen molar-refractivity contribution in [2.45, 2.75) is 39.7 Å². The van der Waals surface area contributed by atoms with E-state index >= 15 is 0 Å². The highest BCUT2D eigenvalue weighted by atomic mass is 15.2. The van der Waals surface area contributed by atoms with E-state index in [1.54, 1.807) is 0 Å². The minimum atomic E-state index is 0.760. The summed E-state index contributed by atoms with van der Waals surface area (Å²) in [5, 5.41) is 3.64. The molecule has 0 aromatic heterocycles. The van der Waals surface area contributed by atoms with Crippen LogP contribution in [0.1, 0.15) is 33.6 Å². The van der Waals surface area contributed by atoms with Crippen LogP contribution in [-0.2, 0) is 0 Å². The third-order valence-electron chi connectivity index (χ3n) is 4.40. The van der Waals surface area contributed by atoms with E-state index in [2.05, 4.69) is 31.0 Å². The summed E-state index contributed by atoms with van der Waals surface area (Å²) in [5.41, 5.74) is 0. The zero-order valence-electron chi connectivity index (χ0n) is 10.5. The van der Waals surface area contributed by atoms with Crippen molar-refractivity contribution in [2.24, 2.45) is 17.8 Å². The molecular weight excluding hydrogens is 184 g/mol. The molecule has 0 amide bonds. The highest BCUT2D eigenvalue weighted by molar-refractivity contribution is 4.86. The van der Waals surface area contributed by atoms with Crippen LogP contribution in [-0.4, -0.2) is 37.1 Å². The van der Waals surface area contributed by atoms with E-state index in [-0.39, 0.29) is 0 Å². The van der Waals surface area contributed by atoms with Gasteiger partial charge < -0.3 is 10.2 Å². The van der Waals surface area contributed by atoms with Gasteiger partial charge in [-0.1, -0.05) is 20.8 Å². The summed E-state index contributed by atoms with van der Waals surface area (Å²) < 4.78 is 0. The van der Waals surface area contributed by atoms with Crippen LogP contribution >= 0.6 is 0 Å². The van der Waals surface area contributed by atoms with E-state index in [0.29, 0.717) is 0 Å². The second-order valence-corrected chi connectivity index (χ2v) is 5.88. The Balaban J connectivity index is 1.77. The Hall–Kier alpha value is -0.0800. The molecule has 0 aromatic carbocycles. The predicted octanol–water partition coefficient (Wildman–Crippen LogP) is 1.96. The van der Waals surface area contributed by atoms with Crippen molar-refractivity contribution in [3.8, 4) is 0 Å². The van der Waals surface area contributed by atoms with Gasteiger partial charge in [-0.2, -0.15) is 0 Å². The molecule has 2 rings (SSSR count). The molecule has 15 heavy (non-hydrogen) atoms. The van der Waals surface area contributed by atoms with Gasteiger partial charge in [0.1, 0.15) is 0 Å². The Morgan fingerprint density at radius 3 is 2.67 bits per heavy atom. The van der Waals surface area contributed by atoms with Crippen molar-refractivity contribution in [3.63, 3.8) is 0 Å². The topological polar surface area (TPSA) is 15.3 Å². The Morgan fingerprint density at radius 1 is 1.33 bits per heavy atom. The van der Waals surface area contributed by atoms with Gasteiger partial charge in [0.2, 0.25) is 0 Å². The van der Waals surface area contributed by atoms with E-state index in [1.807, 2.05) is 0 Å². The summed E-state index contributed by atoms with van der Waals surface area (Å²) in [5.74, 6) is 2.69. The van der Waals surface area contributed by atoms with Gasteiger partial charge in [-0.15, -0.1) is 0 Å². The van der Waals surface area contributed by atoms with Crippen LogP contribution in [0.3, 0.4) is 0 Å². The summed E-state index contributed by atoms with van der Waals surface area (Å²) >= 11 is 0. The molecule has 2 nitrogen and oxygen atoms in total. The van der Waals surface area contributed by atoms with Crippen molar-refractivity contribution in [2.75, 3.05) is 26.2 Å². The monoisotopic (exact) mass is 210 g/mol. The largest absolute Gasteiger partial charge is 0.312 e. The number of hydrogen-bond donors (Lipinski definition) is 1. The van der Waals surface area contributed by atoms with E-state index < -0.39 is 0 Å². The van der Waals surface area contributed by atoms with Gasteiger partial charge >= 0.3 is 0 Å². The Kier molecular flexibility index (Phi) is 3.68. The number of nitrogens with one attached hydrogen (secondary N) is 1. The highest BCUT2D eigenvalue weighted by Crippen LogP contribution is 2.25. The molecule has 0 bridgehead atoms. The molecule has 0 aliphatic carbocycles. The third kappa shape index (κ3) is 2.73. The smallest absolute Gasteiger partial charge is 0.0221 e. The fraction of sp³-hybridized carbons (Fsp3) is 1.00. The minimum absolute atomic E-state index is 0.760. The van der Waals surface area contributed by atoms with Crippen molar-refractivity contribution in [3.05, 3.63) is 0 Å². The fourth-order valence-corrected chi connectivity index (χ4v) is 2.99. The molecule has 88 valence electrons. The SMILES string of the molecule is CC(C)C1CCN(CC2NCCC2C)C1. The first kappa shape index (κ1) is 11.4. The Bertz CT molecular complexity index is 203. The predicted molar refractivity (Wildman–Crippen MR) is 65.0 cm³/mol. The van der Waals surface area contributed by atoms with Gasteiger partial charge in [-0.3, -0.25) is 0 Å². The maximum atomic E-state index is 3.64. The van der Waals surface area contributed by atoms with Crippen LogP contribution < -0.4 is 5.32 Å². The number of hydrogen-bond acceptors (Lipinski definition) is 2. The van der Waals surface area contributed by atoms with Crippen LogP contribution in [0, 0.1) is 17.8 Å². The van der Waals surface area contributed by atoms with E-state index in [0.717, 1.165) is 23.8 Å². The first-order chi connectivity index (χ1) is 7.16. The molecule has 2 saturated heterocycles. The maximum Gasteiger partial charge on any atom is 0.0221 e. The summed E-state index contributed by atoms with van der Waals surface area (Å²) in [6.45, 7) is 12.3. The van der Waals surface area contributed by atoms with Gasteiger partial charge in [-0.05, 0) is 43.7 Å². The molecule has 3 atom stereocenters. The van der Waals surface area contributed by atoms with Crippen LogP contribution in [0.2, 0.25) is 0 Å². The highest BCUT2D eigenvalue weighted by Gasteiger charge is 2.29. The average molecular weight is 210 g/mol. The lowest BCUT2D eigenvalue weighted by atomic mass is 9.95. The summed E-state index contributed by atoms with van der Waals surface area (Å²) in [7, 11) is 0. The van der Waals surface area contributed by atoms with Crippen molar-refractivity contribution in [1.29, 1.82) is 0 Å². The van der Waals surface area contributed by atoms with E-state index in [4.69, 9.17) is 0 Å². The normalized spacial score (nSPS) is 38.0. The van der Waals surface area contributed by atoms with E-state index in [1.165, 1.54) is 39.0 Å². The van der Waals surface area contributed by atoms with Crippen molar-refractivity contribution < 1.29 is 0 Å². The zero-order chi connectivity index (χ0) is 10.8. The van der Waals surface area contributed by atoms with Crippen LogP contribution in [0.25, 0.3) is 0 Å². The van der Waals surface area contributed by atoms with Gasteiger partial charge in [0, 0.05) is 19.1 Å². The maximum absolute atomic E-state index is 3.64. The molecule has 0 saturated carbocycles. The summed E-state index contributed by atoms with van der Waals surface area (Å²) in [6, 6.07) is 0.760. The second kappa shape index (κ2) is 4.84. The van der Waals surface area contributed by atoms with Gasteiger partial charge in [0.25, 0.3) is 0 Å². The summed E-state index contributed by atoms with van der Waals surface area (Å²) in [6.07, 6.45) is 2.78. The third-order valence-corrected chi connectivity index (χ3v) is 4.40. The standard InChI is InChI=1S/C13H26N2/c1-10(2)12-5-7-15(8-12)9-13-11(3)4-6-14-13/h10-14H,4-9H2,1-3H3. The lowest BCUT2D eigenvalue weighted by molar-refractivity contribution is 0.260. The molecule has 2 fully saturated rings. The summed E-state index contributed by atoms with van der Waals surface area (Å²) in [4.78, 5) is 2.67. The fourth-order valence-electron chi connectivity index (χ4n) is 2.99. The van der Waals surface area contributed by atoms with E-state index in [9.17, 15) is 0 Å². The lowest BCUT2D eigenvalue weighted by Gasteiger charge is -2.24. The lowest BCUT2D eigenvalue weighted by Crippen LogP contribution is -2.39. The first-order valence-corrected chi connectivity index (χ1v) is 6.62. The second-order valence-electron chi connectivity index (χ2n) is 5.88. The molecule has 0 spiro atoms. The average Bonchev–Trinajstić information content (AvgIpc) is 2.77. The van der Waals surface area contributed by atoms with Crippen LogP contribution in [0.5, 0.6) is 0 Å². The van der Waals surface area contributed by atoms with Gasteiger partial charge in [-0.25, -0.2) is 0 Å². The molecule has 2 heterocycles. The molecule has 3 unspecified atom stereocenters. The van der Waals surface area contributed by atoms with Crippen molar-refractivity contribution >= 4 is 0 Å². The van der Waals surface area contributed by atoms with Crippen LogP contribution in [0.15, 0.2) is 0 Å². The minimum Gasteiger partial charge on any atom is -0.312 e. The molecule has 2 aliphatic rings. The van der Waals surface area contributed by atoms with Gasteiger partial charge in [0.15, 0.2) is 0 Å². The quantitative estimate of drug-likeness (QED) is 0.766. The number of rotatable bonds is 3. The molecule has 0 radical (unpaired) electrons. The number of nitrogens with zero attached hydrogens (tertiary/aromatic N) is 1. The molecular formula is C13H26N2. The number of likely N-dealkylation sites (tertiary alicyclic amines) is 1. The Morgan fingerprint density at radius 2 is 2.13 bits per heavy atom.